The van der Waals surface area contributed by atoms with E-state index in [0.29, 0.717) is 6.04 Å². The molecule has 0 spiro atoms. The van der Waals surface area contributed by atoms with Crippen LogP contribution in [0.15, 0.2) is 28.7 Å². The van der Waals surface area contributed by atoms with E-state index in [2.05, 4.69) is 53.7 Å². The van der Waals surface area contributed by atoms with Crippen LogP contribution in [0.4, 0.5) is 0 Å². The molecule has 0 radical (unpaired) electrons. The molecule has 102 valence electrons. The normalized spacial score (nSPS) is 14.8. The Hall–Kier alpha value is -0.380. The Labute approximate surface area is 120 Å². The van der Waals surface area contributed by atoms with Crippen molar-refractivity contribution in [2.45, 2.75) is 45.7 Å². The van der Waals surface area contributed by atoms with Crippen LogP contribution in [0.2, 0.25) is 0 Å². The van der Waals surface area contributed by atoms with Crippen molar-refractivity contribution < 1.29 is 0 Å². The van der Waals surface area contributed by atoms with Crippen molar-refractivity contribution >= 4 is 15.9 Å². The molecule has 3 heteroatoms. The van der Waals surface area contributed by atoms with E-state index in [4.69, 9.17) is 5.73 Å². The summed E-state index contributed by atoms with van der Waals surface area (Å²) in [6.45, 7) is 8.90. The zero-order valence-corrected chi connectivity index (χ0v) is 13.3. The van der Waals surface area contributed by atoms with Gasteiger partial charge in [0.15, 0.2) is 0 Å². The number of rotatable bonds is 7. The van der Waals surface area contributed by atoms with Gasteiger partial charge in [-0.15, -0.1) is 0 Å². The third-order valence-corrected chi connectivity index (χ3v) is 4.37. The number of nitrogens with zero attached hydrogens (tertiary/aromatic N) is 1. The van der Waals surface area contributed by atoms with Crippen molar-refractivity contribution in [2.24, 2.45) is 5.73 Å². The van der Waals surface area contributed by atoms with Gasteiger partial charge in [0, 0.05) is 23.1 Å². The largest absolute Gasteiger partial charge is 0.324 e. The van der Waals surface area contributed by atoms with Crippen LogP contribution in [-0.2, 0) is 0 Å². The van der Waals surface area contributed by atoms with Crippen molar-refractivity contribution in [3.05, 3.63) is 34.3 Å². The van der Waals surface area contributed by atoms with Crippen LogP contribution in [0.25, 0.3) is 0 Å². The van der Waals surface area contributed by atoms with Crippen molar-refractivity contribution in [1.82, 2.24) is 4.90 Å². The molecule has 0 saturated carbocycles. The standard InChI is InChI=1S/C15H25BrN2/c1-4-12(3)18(5-2)11-10-15(17)13-8-6-7-9-14(13)16/h6-9,12,15H,4-5,10-11,17H2,1-3H3. The molecule has 2 atom stereocenters. The monoisotopic (exact) mass is 312 g/mol. The van der Waals surface area contributed by atoms with E-state index in [-0.39, 0.29) is 6.04 Å². The lowest BCUT2D eigenvalue weighted by atomic mass is 10.0. The SMILES string of the molecule is CCC(C)N(CC)CCC(N)c1ccccc1Br. The zero-order valence-electron chi connectivity index (χ0n) is 11.7. The molecule has 1 aromatic rings. The van der Waals surface area contributed by atoms with Gasteiger partial charge in [-0.3, -0.25) is 0 Å². The molecule has 0 fully saturated rings. The molecule has 2 nitrogen and oxygen atoms in total. The fourth-order valence-electron chi connectivity index (χ4n) is 2.18. The van der Waals surface area contributed by atoms with E-state index in [1.807, 2.05) is 12.1 Å². The molecule has 0 saturated heterocycles. The minimum Gasteiger partial charge on any atom is -0.324 e. The summed E-state index contributed by atoms with van der Waals surface area (Å²) < 4.78 is 1.11. The first-order chi connectivity index (χ1) is 8.60. The van der Waals surface area contributed by atoms with Crippen molar-refractivity contribution in [2.75, 3.05) is 13.1 Å². The van der Waals surface area contributed by atoms with Gasteiger partial charge in [0.25, 0.3) is 0 Å². The highest BCUT2D eigenvalue weighted by Gasteiger charge is 2.14. The van der Waals surface area contributed by atoms with E-state index in [1.165, 1.54) is 12.0 Å². The summed E-state index contributed by atoms with van der Waals surface area (Å²) in [6.07, 6.45) is 2.19. The predicted octanol–water partition coefficient (Wildman–Crippen LogP) is 3.96. The molecule has 0 aliphatic carbocycles. The first kappa shape index (κ1) is 15.7. The van der Waals surface area contributed by atoms with E-state index in [0.717, 1.165) is 24.0 Å². The maximum absolute atomic E-state index is 6.28. The van der Waals surface area contributed by atoms with Gasteiger partial charge >= 0.3 is 0 Å². The Morgan fingerprint density at radius 3 is 2.50 bits per heavy atom. The minimum absolute atomic E-state index is 0.110. The average Bonchev–Trinajstić information content (AvgIpc) is 2.39. The van der Waals surface area contributed by atoms with Crippen LogP contribution in [-0.4, -0.2) is 24.0 Å². The Morgan fingerprint density at radius 2 is 1.94 bits per heavy atom. The van der Waals surface area contributed by atoms with Gasteiger partial charge in [-0.2, -0.15) is 0 Å². The summed E-state index contributed by atoms with van der Waals surface area (Å²) in [5.41, 5.74) is 7.49. The third-order valence-electron chi connectivity index (χ3n) is 3.65. The molecule has 0 heterocycles. The fourth-order valence-corrected chi connectivity index (χ4v) is 2.76. The van der Waals surface area contributed by atoms with Gasteiger partial charge in [-0.05, 0) is 37.9 Å². The highest BCUT2D eigenvalue weighted by atomic mass is 79.9. The molecule has 0 bridgehead atoms. The number of hydrogen-bond acceptors (Lipinski definition) is 2. The molecule has 0 aliphatic rings. The summed E-state index contributed by atoms with van der Waals surface area (Å²) >= 11 is 3.57. The Balaban J connectivity index is 2.55. The second-order valence-electron chi connectivity index (χ2n) is 4.80. The Bertz CT molecular complexity index is 354. The number of halogens is 1. The molecule has 2 unspecified atom stereocenters. The molecule has 18 heavy (non-hydrogen) atoms. The smallest absolute Gasteiger partial charge is 0.0318 e. The first-order valence-electron chi connectivity index (χ1n) is 6.84. The van der Waals surface area contributed by atoms with Crippen molar-refractivity contribution in [1.29, 1.82) is 0 Å². The maximum Gasteiger partial charge on any atom is 0.0318 e. The topological polar surface area (TPSA) is 29.3 Å². The van der Waals surface area contributed by atoms with Gasteiger partial charge in [-0.1, -0.05) is 48.0 Å². The lowest BCUT2D eigenvalue weighted by Gasteiger charge is -2.28. The van der Waals surface area contributed by atoms with Crippen molar-refractivity contribution in [3.8, 4) is 0 Å². The van der Waals surface area contributed by atoms with Gasteiger partial charge in [0.1, 0.15) is 0 Å². The van der Waals surface area contributed by atoms with E-state index >= 15 is 0 Å². The number of nitrogens with two attached hydrogens (primary N) is 1. The number of benzene rings is 1. The fraction of sp³-hybridized carbons (Fsp3) is 0.600. The number of hydrogen-bond donors (Lipinski definition) is 1. The predicted molar refractivity (Wildman–Crippen MR) is 82.7 cm³/mol. The summed E-state index contributed by atoms with van der Waals surface area (Å²) in [4.78, 5) is 2.50. The quantitative estimate of drug-likeness (QED) is 0.825. The highest BCUT2D eigenvalue weighted by Crippen LogP contribution is 2.24. The van der Waals surface area contributed by atoms with Gasteiger partial charge < -0.3 is 10.6 Å². The maximum atomic E-state index is 6.28. The molecule has 0 aromatic heterocycles. The van der Waals surface area contributed by atoms with Crippen LogP contribution < -0.4 is 5.73 Å². The summed E-state index contributed by atoms with van der Waals surface area (Å²) in [7, 11) is 0. The van der Waals surface area contributed by atoms with Gasteiger partial charge in [0.2, 0.25) is 0 Å². The molecule has 1 rings (SSSR count). The third kappa shape index (κ3) is 4.38. The van der Waals surface area contributed by atoms with E-state index < -0.39 is 0 Å². The van der Waals surface area contributed by atoms with Gasteiger partial charge in [0.05, 0.1) is 0 Å². The van der Waals surface area contributed by atoms with Crippen LogP contribution in [0.1, 0.15) is 45.2 Å². The molecule has 1 aromatic carbocycles. The Kier molecular flexibility index (Phi) is 6.90. The van der Waals surface area contributed by atoms with E-state index in [9.17, 15) is 0 Å². The van der Waals surface area contributed by atoms with Crippen molar-refractivity contribution in [3.63, 3.8) is 0 Å². The second kappa shape index (κ2) is 7.93. The molecule has 0 aliphatic heterocycles. The summed E-state index contributed by atoms with van der Waals surface area (Å²) in [5, 5.41) is 0. The van der Waals surface area contributed by atoms with Crippen LogP contribution in [0.5, 0.6) is 0 Å². The zero-order chi connectivity index (χ0) is 13.5. The minimum atomic E-state index is 0.110. The lowest BCUT2D eigenvalue weighted by molar-refractivity contribution is 0.207. The van der Waals surface area contributed by atoms with Gasteiger partial charge in [-0.25, -0.2) is 0 Å². The van der Waals surface area contributed by atoms with Crippen LogP contribution in [0, 0.1) is 0 Å². The Morgan fingerprint density at radius 1 is 1.28 bits per heavy atom. The van der Waals surface area contributed by atoms with E-state index in [1.54, 1.807) is 0 Å². The second-order valence-corrected chi connectivity index (χ2v) is 5.66. The van der Waals surface area contributed by atoms with Crippen LogP contribution >= 0.6 is 15.9 Å². The summed E-state index contributed by atoms with van der Waals surface area (Å²) in [5.74, 6) is 0. The molecular formula is C15H25BrN2. The first-order valence-corrected chi connectivity index (χ1v) is 7.63. The molecule has 2 N–H and O–H groups in total. The highest BCUT2D eigenvalue weighted by molar-refractivity contribution is 9.10. The summed E-state index contributed by atoms with van der Waals surface area (Å²) in [6, 6.07) is 8.99. The molecular weight excluding hydrogens is 288 g/mol. The van der Waals surface area contributed by atoms with Crippen LogP contribution in [0.3, 0.4) is 0 Å². The average molecular weight is 313 g/mol. The molecule has 0 amide bonds. The lowest BCUT2D eigenvalue weighted by Crippen LogP contribution is -2.34.